The Morgan fingerprint density at radius 1 is 1.15 bits per heavy atom. The van der Waals surface area contributed by atoms with Crippen molar-refractivity contribution in [3.8, 4) is 17.6 Å². The van der Waals surface area contributed by atoms with Gasteiger partial charge in [0.05, 0.1) is 22.3 Å². The molecule has 1 N–H and O–H groups in total. The van der Waals surface area contributed by atoms with Gasteiger partial charge in [-0.1, -0.05) is 63.4 Å². The average molecular weight is 564 g/mol. The molecule has 0 aromatic heterocycles. The van der Waals surface area contributed by atoms with Crippen molar-refractivity contribution >= 4 is 56.8 Å². The number of hydrogen-bond acceptors (Lipinski definition) is 4. The van der Waals surface area contributed by atoms with Crippen LogP contribution in [0.4, 0.5) is 10.1 Å². The third kappa shape index (κ3) is 6.29. The molecule has 0 aliphatic rings. The van der Waals surface area contributed by atoms with Gasteiger partial charge in [-0.05, 0) is 48.9 Å². The molecule has 0 atom stereocenters. The maximum absolute atomic E-state index is 13.9. The zero-order valence-corrected chi connectivity index (χ0v) is 21.0. The summed E-state index contributed by atoms with van der Waals surface area (Å²) >= 11 is 15.5. The van der Waals surface area contributed by atoms with Crippen LogP contribution in [0.3, 0.4) is 0 Å². The normalized spacial score (nSPS) is 11.0. The lowest BCUT2D eigenvalue weighted by Gasteiger charge is -2.14. The average Bonchev–Trinajstić information content (AvgIpc) is 2.82. The van der Waals surface area contributed by atoms with E-state index in [4.69, 9.17) is 32.7 Å². The van der Waals surface area contributed by atoms with Gasteiger partial charge in [-0.3, -0.25) is 4.79 Å². The lowest BCUT2D eigenvalue weighted by molar-refractivity contribution is -0.112. The number of nitriles is 1. The third-order valence-electron chi connectivity index (χ3n) is 4.57. The maximum atomic E-state index is 13.9. The molecule has 3 rings (SSSR count). The molecule has 0 bridgehead atoms. The fourth-order valence-corrected chi connectivity index (χ4v) is 3.69. The molecular weight excluding hydrogens is 546 g/mol. The van der Waals surface area contributed by atoms with Crippen LogP contribution in [0.1, 0.15) is 18.1 Å². The molecule has 0 aliphatic heterocycles. The Morgan fingerprint density at radius 2 is 1.88 bits per heavy atom. The molecule has 1 amide bonds. The van der Waals surface area contributed by atoms with Gasteiger partial charge in [0.1, 0.15) is 24.1 Å². The van der Waals surface area contributed by atoms with E-state index in [1.807, 2.05) is 6.07 Å². The Labute approximate surface area is 214 Å². The Kier molecular flexibility index (Phi) is 8.94. The molecule has 3 aromatic rings. The molecule has 0 aliphatic carbocycles. The quantitative estimate of drug-likeness (QED) is 0.229. The summed E-state index contributed by atoms with van der Waals surface area (Å²) in [6, 6.07) is 16.3. The van der Waals surface area contributed by atoms with Gasteiger partial charge >= 0.3 is 0 Å². The van der Waals surface area contributed by atoms with Gasteiger partial charge in [0, 0.05) is 10.0 Å². The summed E-state index contributed by atoms with van der Waals surface area (Å²) in [4.78, 5) is 12.7. The first-order valence-corrected chi connectivity index (χ1v) is 11.6. The van der Waals surface area contributed by atoms with Crippen molar-refractivity contribution in [2.45, 2.75) is 13.5 Å². The molecule has 5 nitrogen and oxygen atoms in total. The van der Waals surface area contributed by atoms with Gasteiger partial charge in [0.25, 0.3) is 5.91 Å². The Balaban J connectivity index is 1.88. The van der Waals surface area contributed by atoms with Crippen LogP contribution in [0.15, 0.2) is 64.6 Å². The Morgan fingerprint density at radius 3 is 2.59 bits per heavy atom. The summed E-state index contributed by atoms with van der Waals surface area (Å²) in [6.07, 6.45) is 1.40. The topological polar surface area (TPSA) is 71.3 Å². The first-order valence-electron chi connectivity index (χ1n) is 10.0. The standard InChI is InChI=1S/C25H18BrCl2FN2O3/c1-2-33-22-11-16(18(26)12-23(22)34-14-15-6-3-4-8-20(15)29)10-17(13-30)25(32)31-21-9-5-7-19(27)24(21)28/h3-12H,2,14H2,1H3,(H,31,32)/b17-10-. The van der Waals surface area contributed by atoms with Crippen LogP contribution in [0, 0.1) is 17.1 Å². The number of nitrogens with zero attached hydrogens (tertiary/aromatic N) is 1. The van der Waals surface area contributed by atoms with E-state index in [0.29, 0.717) is 33.7 Å². The minimum absolute atomic E-state index is 0.000615. The van der Waals surface area contributed by atoms with Crippen LogP contribution in [0.25, 0.3) is 6.08 Å². The molecule has 0 spiro atoms. The number of nitrogens with one attached hydrogen (secondary N) is 1. The van der Waals surface area contributed by atoms with Crippen molar-refractivity contribution in [3.63, 3.8) is 0 Å². The number of benzene rings is 3. The van der Waals surface area contributed by atoms with Crippen molar-refractivity contribution in [2.24, 2.45) is 0 Å². The van der Waals surface area contributed by atoms with E-state index in [1.54, 1.807) is 55.5 Å². The SMILES string of the molecule is CCOc1cc(/C=C(/C#N)C(=O)Nc2cccc(Cl)c2Cl)c(Br)cc1OCc1ccccc1F. The molecule has 0 heterocycles. The molecule has 0 unspecified atom stereocenters. The lowest BCUT2D eigenvalue weighted by Crippen LogP contribution is -2.13. The van der Waals surface area contributed by atoms with Crippen molar-refractivity contribution in [1.29, 1.82) is 5.26 Å². The first-order chi connectivity index (χ1) is 16.3. The third-order valence-corrected chi connectivity index (χ3v) is 6.07. The maximum Gasteiger partial charge on any atom is 0.266 e. The number of carbonyl (C=O) groups is 1. The van der Waals surface area contributed by atoms with E-state index >= 15 is 0 Å². The number of carbonyl (C=O) groups excluding carboxylic acids is 1. The number of rotatable bonds is 8. The predicted molar refractivity (Wildman–Crippen MR) is 135 cm³/mol. The summed E-state index contributed by atoms with van der Waals surface area (Å²) in [5.74, 6) is -0.272. The summed E-state index contributed by atoms with van der Waals surface area (Å²) in [6.45, 7) is 2.15. The second-order valence-electron chi connectivity index (χ2n) is 6.86. The Bertz CT molecular complexity index is 1290. The fraction of sp³-hybridized carbons (Fsp3) is 0.120. The molecule has 174 valence electrons. The van der Waals surface area contributed by atoms with E-state index in [-0.39, 0.29) is 33.7 Å². The van der Waals surface area contributed by atoms with Gasteiger partial charge in [0.15, 0.2) is 11.5 Å². The van der Waals surface area contributed by atoms with E-state index in [0.717, 1.165) is 0 Å². The summed E-state index contributed by atoms with van der Waals surface area (Å²) in [5.41, 5.74) is 1.02. The fourth-order valence-electron chi connectivity index (χ4n) is 2.91. The van der Waals surface area contributed by atoms with Crippen molar-refractivity contribution in [3.05, 3.63) is 91.6 Å². The highest BCUT2D eigenvalue weighted by Crippen LogP contribution is 2.36. The van der Waals surface area contributed by atoms with E-state index in [9.17, 15) is 14.4 Å². The van der Waals surface area contributed by atoms with Gasteiger partial charge in [-0.25, -0.2) is 4.39 Å². The summed E-state index contributed by atoms with van der Waals surface area (Å²) in [5, 5.41) is 12.6. The molecule has 0 saturated heterocycles. The molecule has 0 fully saturated rings. The first kappa shape index (κ1) is 25.6. The van der Waals surface area contributed by atoms with Crippen LogP contribution in [0.2, 0.25) is 10.0 Å². The minimum atomic E-state index is -0.656. The smallest absolute Gasteiger partial charge is 0.266 e. The van der Waals surface area contributed by atoms with E-state index in [1.165, 1.54) is 12.1 Å². The monoisotopic (exact) mass is 562 g/mol. The molecule has 3 aromatic carbocycles. The van der Waals surface area contributed by atoms with E-state index < -0.39 is 5.91 Å². The largest absolute Gasteiger partial charge is 0.490 e. The number of amides is 1. The van der Waals surface area contributed by atoms with Crippen LogP contribution in [-0.2, 0) is 11.4 Å². The van der Waals surface area contributed by atoms with Crippen LogP contribution < -0.4 is 14.8 Å². The minimum Gasteiger partial charge on any atom is -0.490 e. The highest BCUT2D eigenvalue weighted by atomic mass is 79.9. The van der Waals surface area contributed by atoms with Crippen molar-refractivity contribution in [2.75, 3.05) is 11.9 Å². The number of halogens is 4. The van der Waals surface area contributed by atoms with Gasteiger partial charge in [-0.15, -0.1) is 0 Å². The zero-order valence-electron chi connectivity index (χ0n) is 17.9. The second kappa shape index (κ2) is 11.9. The molecule has 9 heteroatoms. The Hall–Kier alpha value is -3.05. The van der Waals surface area contributed by atoms with Crippen molar-refractivity contribution in [1.82, 2.24) is 0 Å². The molecular formula is C25H18BrCl2FN2O3. The molecule has 34 heavy (non-hydrogen) atoms. The number of hydrogen-bond donors (Lipinski definition) is 1. The highest BCUT2D eigenvalue weighted by Gasteiger charge is 2.16. The number of anilines is 1. The van der Waals surface area contributed by atoms with Gasteiger partial charge in [-0.2, -0.15) is 5.26 Å². The number of ether oxygens (including phenoxy) is 2. The van der Waals surface area contributed by atoms with Crippen LogP contribution in [0.5, 0.6) is 11.5 Å². The summed E-state index contributed by atoms with van der Waals surface area (Å²) < 4.78 is 25.9. The van der Waals surface area contributed by atoms with Gasteiger partial charge in [0.2, 0.25) is 0 Å². The second-order valence-corrected chi connectivity index (χ2v) is 8.50. The van der Waals surface area contributed by atoms with Crippen molar-refractivity contribution < 1.29 is 18.7 Å². The molecule has 0 saturated carbocycles. The predicted octanol–water partition coefficient (Wildman–Crippen LogP) is 7.42. The highest BCUT2D eigenvalue weighted by molar-refractivity contribution is 9.10. The zero-order chi connectivity index (χ0) is 24.7. The molecule has 0 radical (unpaired) electrons. The van der Waals surface area contributed by atoms with Crippen LogP contribution in [-0.4, -0.2) is 12.5 Å². The van der Waals surface area contributed by atoms with Gasteiger partial charge < -0.3 is 14.8 Å². The van der Waals surface area contributed by atoms with E-state index in [2.05, 4.69) is 21.2 Å². The lowest BCUT2D eigenvalue weighted by atomic mass is 10.1. The van der Waals surface area contributed by atoms with Crippen LogP contribution >= 0.6 is 39.1 Å². The summed E-state index contributed by atoms with van der Waals surface area (Å²) in [7, 11) is 0.